The minimum absolute atomic E-state index is 0.650. The van der Waals surface area contributed by atoms with Crippen LogP contribution in [0.15, 0.2) is 65.0 Å². The molecule has 0 unspecified atom stereocenters. The van der Waals surface area contributed by atoms with Crippen LogP contribution in [0.1, 0.15) is 16.8 Å². The van der Waals surface area contributed by atoms with Gasteiger partial charge in [0.05, 0.1) is 12.2 Å². The van der Waals surface area contributed by atoms with E-state index in [9.17, 15) is 0 Å². The highest BCUT2D eigenvalue weighted by Crippen LogP contribution is 2.23. The Kier molecular flexibility index (Phi) is 5.80. The summed E-state index contributed by atoms with van der Waals surface area (Å²) in [5.41, 5.74) is 4.67. The predicted octanol–water partition coefficient (Wildman–Crippen LogP) is 3.98. The van der Waals surface area contributed by atoms with Gasteiger partial charge in [-0.3, -0.25) is 4.99 Å². The second-order valence-electron chi connectivity index (χ2n) is 5.78. The van der Waals surface area contributed by atoms with E-state index in [1.165, 1.54) is 11.1 Å². The van der Waals surface area contributed by atoms with Gasteiger partial charge in [-0.25, -0.2) is 4.98 Å². The number of nitrogens with zero attached hydrogens (tertiary/aromatic N) is 2. The molecule has 1 heterocycles. The Bertz CT molecular complexity index is 840. The van der Waals surface area contributed by atoms with E-state index in [1.54, 1.807) is 18.4 Å². The van der Waals surface area contributed by atoms with Crippen molar-refractivity contribution in [3.8, 4) is 10.6 Å². The van der Waals surface area contributed by atoms with Crippen LogP contribution in [0.2, 0.25) is 0 Å². The molecule has 0 aliphatic carbocycles. The van der Waals surface area contributed by atoms with E-state index >= 15 is 0 Å². The number of hydrogen-bond acceptors (Lipinski definition) is 3. The van der Waals surface area contributed by atoms with E-state index in [1.807, 2.05) is 18.2 Å². The number of aliphatic imine (C=N–C) groups is 1. The lowest BCUT2D eigenvalue weighted by Crippen LogP contribution is -2.36. The Morgan fingerprint density at radius 2 is 1.84 bits per heavy atom. The van der Waals surface area contributed by atoms with Gasteiger partial charge < -0.3 is 10.6 Å². The maximum atomic E-state index is 4.69. The summed E-state index contributed by atoms with van der Waals surface area (Å²) >= 11 is 1.66. The zero-order valence-corrected chi connectivity index (χ0v) is 15.3. The molecule has 128 valence electrons. The quantitative estimate of drug-likeness (QED) is 0.540. The Morgan fingerprint density at radius 1 is 1.04 bits per heavy atom. The molecule has 0 amide bonds. The van der Waals surface area contributed by atoms with E-state index in [0.717, 1.165) is 28.8 Å². The Hall–Kier alpha value is -2.66. The SMILES string of the molecule is CN=C(NCc1cccc(C)c1)NCc1csc(-c2ccccc2)n1. The van der Waals surface area contributed by atoms with Gasteiger partial charge in [0.2, 0.25) is 0 Å². The van der Waals surface area contributed by atoms with Crippen molar-refractivity contribution in [2.24, 2.45) is 4.99 Å². The molecule has 3 rings (SSSR count). The van der Waals surface area contributed by atoms with Crippen LogP contribution in [-0.4, -0.2) is 18.0 Å². The van der Waals surface area contributed by atoms with Gasteiger partial charge in [0.15, 0.2) is 5.96 Å². The van der Waals surface area contributed by atoms with Gasteiger partial charge in [0, 0.05) is 24.5 Å². The van der Waals surface area contributed by atoms with Crippen LogP contribution in [-0.2, 0) is 13.1 Å². The number of nitrogens with one attached hydrogen (secondary N) is 2. The highest BCUT2D eigenvalue weighted by atomic mass is 32.1. The van der Waals surface area contributed by atoms with E-state index in [-0.39, 0.29) is 0 Å². The molecule has 2 aromatic carbocycles. The van der Waals surface area contributed by atoms with Crippen molar-refractivity contribution in [3.63, 3.8) is 0 Å². The summed E-state index contributed by atoms with van der Waals surface area (Å²) in [4.78, 5) is 8.97. The number of thiazole rings is 1. The topological polar surface area (TPSA) is 49.3 Å². The first-order valence-electron chi connectivity index (χ1n) is 8.24. The van der Waals surface area contributed by atoms with Gasteiger partial charge in [0.25, 0.3) is 0 Å². The van der Waals surface area contributed by atoms with Gasteiger partial charge in [-0.05, 0) is 12.5 Å². The molecule has 0 bridgehead atoms. The zero-order valence-electron chi connectivity index (χ0n) is 14.5. The highest BCUT2D eigenvalue weighted by molar-refractivity contribution is 7.13. The standard InChI is InChI=1S/C20H22N4S/c1-15-7-6-8-16(11-15)12-22-20(21-2)23-13-18-14-25-19(24-18)17-9-4-3-5-10-17/h3-11,14H,12-13H2,1-2H3,(H2,21,22,23). The fraction of sp³-hybridized carbons (Fsp3) is 0.200. The molecule has 0 atom stereocenters. The molecule has 0 saturated heterocycles. The average Bonchev–Trinajstić information content (AvgIpc) is 3.12. The predicted molar refractivity (Wildman–Crippen MR) is 106 cm³/mol. The van der Waals surface area contributed by atoms with Crippen molar-refractivity contribution in [1.82, 2.24) is 15.6 Å². The maximum absolute atomic E-state index is 4.69. The molecule has 25 heavy (non-hydrogen) atoms. The smallest absolute Gasteiger partial charge is 0.191 e. The lowest BCUT2D eigenvalue weighted by atomic mass is 10.1. The van der Waals surface area contributed by atoms with Gasteiger partial charge in [-0.1, -0.05) is 60.2 Å². The molecule has 0 fully saturated rings. The van der Waals surface area contributed by atoms with Crippen molar-refractivity contribution < 1.29 is 0 Å². The molecular formula is C20H22N4S. The monoisotopic (exact) mass is 350 g/mol. The molecule has 1 aromatic heterocycles. The third-order valence-electron chi connectivity index (χ3n) is 3.78. The number of guanidine groups is 1. The molecule has 0 aliphatic rings. The average molecular weight is 350 g/mol. The molecule has 4 nitrogen and oxygen atoms in total. The maximum Gasteiger partial charge on any atom is 0.191 e. The largest absolute Gasteiger partial charge is 0.352 e. The van der Waals surface area contributed by atoms with Crippen LogP contribution >= 0.6 is 11.3 Å². The van der Waals surface area contributed by atoms with E-state index in [2.05, 4.69) is 69.3 Å². The summed E-state index contributed by atoms with van der Waals surface area (Å²) < 4.78 is 0. The van der Waals surface area contributed by atoms with Crippen molar-refractivity contribution in [2.45, 2.75) is 20.0 Å². The van der Waals surface area contributed by atoms with Crippen LogP contribution in [0.4, 0.5) is 0 Å². The second-order valence-corrected chi connectivity index (χ2v) is 6.64. The lowest BCUT2D eigenvalue weighted by molar-refractivity contribution is 0.798. The molecule has 0 saturated carbocycles. The third-order valence-corrected chi connectivity index (χ3v) is 4.72. The van der Waals surface area contributed by atoms with Crippen molar-refractivity contribution in [2.75, 3.05) is 7.05 Å². The van der Waals surface area contributed by atoms with Crippen LogP contribution in [0, 0.1) is 6.92 Å². The number of aromatic nitrogens is 1. The van der Waals surface area contributed by atoms with E-state index in [4.69, 9.17) is 0 Å². The number of rotatable bonds is 5. The van der Waals surface area contributed by atoms with Crippen LogP contribution < -0.4 is 10.6 Å². The van der Waals surface area contributed by atoms with Crippen molar-refractivity contribution >= 4 is 17.3 Å². The molecule has 0 radical (unpaired) electrons. The van der Waals surface area contributed by atoms with Crippen molar-refractivity contribution in [1.29, 1.82) is 0 Å². The lowest BCUT2D eigenvalue weighted by Gasteiger charge is -2.11. The van der Waals surface area contributed by atoms with Gasteiger partial charge in [-0.2, -0.15) is 0 Å². The minimum atomic E-state index is 0.650. The normalized spacial score (nSPS) is 11.4. The molecule has 3 aromatic rings. The Balaban J connectivity index is 1.54. The fourth-order valence-corrected chi connectivity index (χ4v) is 3.33. The molecule has 5 heteroatoms. The minimum Gasteiger partial charge on any atom is -0.352 e. The number of aryl methyl sites for hydroxylation is 1. The zero-order chi connectivity index (χ0) is 17.5. The third kappa shape index (κ3) is 4.90. The van der Waals surface area contributed by atoms with E-state index in [0.29, 0.717) is 6.54 Å². The second kappa shape index (κ2) is 8.44. The molecule has 0 aliphatic heterocycles. The molecular weight excluding hydrogens is 328 g/mol. The van der Waals surface area contributed by atoms with Crippen LogP contribution in [0.25, 0.3) is 10.6 Å². The first kappa shape index (κ1) is 17.2. The summed E-state index contributed by atoms with van der Waals surface area (Å²) in [5, 5.41) is 9.78. The van der Waals surface area contributed by atoms with Gasteiger partial charge >= 0.3 is 0 Å². The first-order chi connectivity index (χ1) is 12.2. The van der Waals surface area contributed by atoms with Crippen LogP contribution in [0.3, 0.4) is 0 Å². The van der Waals surface area contributed by atoms with Gasteiger partial charge in [0.1, 0.15) is 5.01 Å². The van der Waals surface area contributed by atoms with Crippen molar-refractivity contribution in [3.05, 3.63) is 76.8 Å². The Morgan fingerprint density at radius 3 is 2.60 bits per heavy atom. The highest BCUT2D eigenvalue weighted by Gasteiger charge is 2.05. The van der Waals surface area contributed by atoms with E-state index < -0.39 is 0 Å². The first-order valence-corrected chi connectivity index (χ1v) is 9.12. The fourth-order valence-electron chi connectivity index (χ4n) is 2.50. The Labute approximate surface area is 152 Å². The molecule has 2 N–H and O–H groups in total. The molecule has 0 spiro atoms. The van der Waals surface area contributed by atoms with Gasteiger partial charge in [-0.15, -0.1) is 11.3 Å². The summed E-state index contributed by atoms with van der Waals surface area (Å²) in [6, 6.07) is 18.7. The summed E-state index contributed by atoms with van der Waals surface area (Å²) in [6.45, 7) is 3.49. The van der Waals surface area contributed by atoms with Crippen LogP contribution in [0.5, 0.6) is 0 Å². The summed E-state index contributed by atoms with van der Waals surface area (Å²) in [5.74, 6) is 0.774. The summed E-state index contributed by atoms with van der Waals surface area (Å²) in [7, 11) is 1.78. The summed E-state index contributed by atoms with van der Waals surface area (Å²) in [6.07, 6.45) is 0. The number of benzene rings is 2. The number of hydrogen-bond donors (Lipinski definition) is 2.